The number of nitriles is 1. The van der Waals surface area contributed by atoms with E-state index in [-0.39, 0.29) is 0 Å². The largest absolute Gasteiger partial charge is 0.310 e. The van der Waals surface area contributed by atoms with Crippen molar-refractivity contribution in [3.63, 3.8) is 0 Å². The van der Waals surface area contributed by atoms with E-state index in [2.05, 4.69) is 119 Å². The minimum absolute atomic E-state index is 0.573. The molecule has 8 aromatic rings. The van der Waals surface area contributed by atoms with E-state index in [1.165, 1.54) is 10.8 Å². The van der Waals surface area contributed by atoms with Gasteiger partial charge in [-0.2, -0.15) is 5.26 Å². The Labute approximate surface area is 273 Å². The number of para-hydroxylation sites is 2. The summed E-state index contributed by atoms with van der Waals surface area (Å²) in [5, 5.41) is 12.4. The van der Waals surface area contributed by atoms with E-state index in [0.717, 1.165) is 61.2 Å². The van der Waals surface area contributed by atoms with Crippen LogP contribution >= 0.6 is 0 Å². The van der Waals surface area contributed by atoms with Crippen LogP contribution in [-0.2, 0) is 0 Å². The zero-order chi connectivity index (χ0) is 31.7. The maximum absolute atomic E-state index is 9.99. The van der Waals surface area contributed by atoms with Crippen molar-refractivity contribution in [2.24, 2.45) is 0 Å². The van der Waals surface area contributed by atoms with Crippen LogP contribution in [0.3, 0.4) is 0 Å². The molecule has 0 amide bonds. The Morgan fingerprint density at radius 2 is 0.872 bits per heavy atom. The quantitative estimate of drug-likeness (QED) is 0.182. The zero-order valence-corrected chi connectivity index (χ0v) is 25.4. The fraction of sp³-hybridized carbons (Fsp3) is 0. The van der Waals surface area contributed by atoms with Crippen molar-refractivity contribution in [2.75, 3.05) is 0 Å². The summed E-state index contributed by atoms with van der Waals surface area (Å²) in [5.41, 5.74) is 12.5. The first-order chi connectivity index (χ1) is 23.2. The minimum atomic E-state index is 0.573. The topological polar surface area (TPSA) is 33.1 Å². The van der Waals surface area contributed by atoms with Crippen LogP contribution in [0.2, 0.25) is 0 Å². The second kappa shape index (κ2) is 11.7. The van der Waals surface area contributed by atoms with Gasteiger partial charge in [-0.3, -0.25) is 0 Å². The molecule has 8 rings (SSSR count). The molecule has 0 unspecified atom stereocenters. The molecule has 7 aromatic carbocycles. The van der Waals surface area contributed by atoms with E-state index in [9.17, 15) is 5.26 Å². The van der Waals surface area contributed by atoms with Crippen molar-refractivity contribution in [2.45, 2.75) is 0 Å². The van der Waals surface area contributed by atoms with Crippen molar-refractivity contribution >= 4 is 27.5 Å². The van der Waals surface area contributed by atoms with Crippen LogP contribution in [0.15, 0.2) is 164 Å². The monoisotopic (exact) mass is 597 g/mol. The molecule has 1 aromatic heterocycles. The summed E-state index contributed by atoms with van der Waals surface area (Å²) in [7, 11) is 0. The lowest BCUT2D eigenvalue weighted by Crippen LogP contribution is -1.95. The molecule has 0 bridgehead atoms. The molecule has 47 heavy (non-hydrogen) atoms. The molecule has 0 spiro atoms. The second-order valence-corrected chi connectivity index (χ2v) is 11.7. The zero-order valence-electron chi connectivity index (χ0n) is 25.4. The molecule has 0 aliphatic carbocycles. The molecule has 0 aliphatic rings. The highest BCUT2D eigenvalue weighted by molar-refractivity contribution is 6.09. The van der Waals surface area contributed by atoms with Crippen LogP contribution in [0.4, 0.5) is 5.69 Å². The van der Waals surface area contributed by atoms with Crippen LogP contribution in [0.25, 0.3) is 76.8 Å². The highest BCUT2D eigenvalue weighted by atomic mass is 15.0. The third-order valence-corrected chi connectivity index (χ3v) is 8.75. The maximum atomic E-state index is 9.99. The Morgan fingerprint density at radius 1 is 0.447 bits per heavy atom. The smallest absolute Gasteiger partial charge is 0.189 e. The normalized spacial score (nSPS) is 10.9. The molecule has 3 heteroatoms. The average molecular weight is 598 g/mol. The fourth-order valence-electron chi connectivity index (χ4n) is 6.57. The molecule has 3 nitrogen and oxygen atoms in total. The Balaban J connectivity index is 1.37. The number of hydrogen-bond donors (Lipinski definition) is 0. The van der Waals surface area contributed by atoms with Crippen molar-refractivity contribution in [3.05, 3.63) is 181 Å². The summed E-state index contributed by atoms with van der Waals surface area (Å²) >= 11 is 0. The Kier molecular flexibility index (Phi) is 6.92. The van der Waals surface area contributed by atoms with E-state index in [0.29, 0.717) is 11.3 Å². The predicted molar refractivity (Wildman–Crippen MR) is 194 cm³/mol. The van der Waals surface area contributed by atoms with E-state index in [1.54, 1.807) is 0 Å². The van der Waals surface area contributed by atoms with Gasteiger partial charge in [-0.05, 0) is 111 Å². The molecule has 0 N–H and O–H groups in total. The molecule has 0 aliphatic heterocycles. The van der Waals surface area contributed by atoms with Gasteiger partial charge in [0.2, 0.25) is 0 Å². The third kappa shape index (κ3) is 5.13. The van der Waals surface area contributed by atoms with Gasteiger partial charge in [-0.15, -0.1) is 0 Å². The summed E-state index contributed by atoms with van der Waals surface area (Å²) in [4.78, 5) is 3.92. The summed E-state index contributed by atoms with van der Waals surface area (Å²) in [6, 6.07) is 58.5. The summed E-state index contributed by atoms with van der Waals surface area (Å²) in [5.74, 6) is 0. The van der Waals surface area contributed by atoms with Gasteiger partial charge in [0.1, 0.15) is 0 Å². The molecule has 0 atom stereocenters. The summed E-state index contributed by atoms with van der Waals surface area (Å²) < 4.78 is 2.26. The van der Waals surface area contributed by atoms with E-state index in [4.69, 9.17) is 6.57 Å². The Morgan fingerprint density at radius 3 is 1.38 bits per heavy atom. The molecule has 0 fully saturated rings. The van der Waals surface area contributed by atoms with Crippen LogP contribution in [-0.4, -0.2) is 4.57 Å². The first kappa shape index (κ1) is 27.8. The number of aromatic nitrogens is 1. The summed E-state index contributed by atoms with van der Waals surface area (Å²) in [6.45, 7) is 8.04. The molecule has 0 saturated heterocycles. The van der Waals surface area contributed by atoms with Crippen molar-refractivity contribution in [3.8, 4) is 56.3 Å². The standard InChI is InChI=1S/C44H27N3/c1-46-39-26-38(27-40(28-39)47-43-18-10-8-16-41(43)42-17-9-11-19-44(42)47)37-24-35(32-14-6-3-7-15-32)23-36(25-37)34-21-30(29-45)20-33(22-34)31-12-4-2-5-13-31/h2-28H. The lowest BCUT2D eigenvalue weighted by Gasteiger charge is -2.15. The average Bonchev–Trinajstić information content (AvgIpc) is 3.49. The van der Waals surface area contributed by atoms with Gasteiger partial charge >= 0.3 is 0 Å². The van der Waals surface area contributed by atoms with E-state index in [1.807, 2.05) is 60.7 Å². The van der Waals surface area contributed by atoms with Crippen LogP contribution in [0, 0.1) is 17.9 Å². The number of hydrogen-bond acceptors (Lipinski definition) is 1. The molecule has 218 valence electrons. The van der Waals surface area contributed by atoms with Gasteiger partial charge in [0, 0.05) is 16.5 Å². The van der Waals surface area contributed by atoms with Gasteiger partial charge in [-0.1, -0.05) is 97.1 Å². The Bertz CT molecular complexity index is 2470. The van der Waals surface area contributed by atoms with E-state index < -0.39 is 0 Å². The number of rotatable bonds is 5. The van der Waals surface area contributed by atoms with Crippen molar-refractivity contribution < 1.29 is 0 Å². The lowest BCUT2D eigenvalue weighted by atomic mass is 9.91. The molecule has 0 radical (unpaired) electrons. The van der Waals surface area contributed by atoms with Crippen LogP contribution in [0.5, 0.6) is 0 Å². The third-order valence-electron chi connectivity index (χ3n) is 8.75. The SMILES string of the molecule is [C-]#[N+]c1cc(-c2cc(-c3ccccc3)cc(-c3cc(C#N)cc(-c4ccccc4)c3)c2)cc(-n2c3ccccc3c3ccccc32)c1. The molecule has 0 saturated carbocycles. The maximum Gasteiger partial charge on any atom is 0.189 e. The van der Waals surface area contributed by atoms with Crippen LogP contribution in [0.1, 0.15) is 5.56 Å². The van der Waals surface area contributed by atoms with Gasteiger partial charge in [0.15, 0.2) is 5.69 Å². The van der Waals surface area contributed by atoms with Crippen LogP contribution < -0.4 is 0 Å². The lowest BCUT2D eigenvalue weighted by molar-refractivity contribution is 1.18. The Hall–Kier alpha value is -6.68. The predicted octanol–water partition coefficient (Wildman–Crippen LogP) is 11.9. The van der Waals surface area contributed by atoms with Gasteiger partial charge in [0.05, 0.1) is 29.2 Å². The number of benzene rings is 7. The first-order valence-electron chi connectivity index (χ1n) is 15.5. The van der Waals surface area contributed by atoms with Crippen molar-refractivity contribution in [1.82, 2.24) is 4.57 Å². The number of fused-ring (bicyclic) bond motifs is 3. The van der Waals surface area contributed by atoms with Gasteiger partial charge in [-0.25, -0.2) is 4.85 Å². The molecule has 1 heterocycles. The van der Waals surface area contributed by atoms with Gasteiger partial charge < -0.3 is 4.57 Å². The van der Waals surface area contributed by atoms with E-state index >= 15 is 0 Å². The minimum Gasteiger partial charge on any atom is -0.310 e. The van der Waals surface area contributed by atoms with Crippen molar-refractivity contribution in [1.29, 1.82) is 5.26 Å². The highest BCUT2D eigenvalue weighted by Crippen LogP contribution is 2.39. The number of nitrogens with zero attached hydrogens (tertiary/aromatic N) is 3. The second-order valence-electron chi connectivity index (χ2n) is 11.7. The molecular formula is C44H27N3. The van der Waals surface area contributed by atoms with Gasteiger partial charge in [0.25, 0.3) is 0 Å². The highest BCUT2D eigenvalue weighted by Gasteiger charge is 2.15. The first-order valence-corrected chi connectivity index (χ1v) is 15.5. The molecular weight excluding hydrogens is 571 g/mol. The fourth-order valence-corrected chi connectivity index (χ4v) is 6.57. The summed E-state index contributed by atoms with van der Waals surface area (Å²) in [6.07, 6.45) is 0.